The molecule has 0 radical (unpaired) electrons. The third-order valence-corrected chi connectivity index (χ3v) is 2.40. The SMILES string of the molecule is CC(=O)NC(C)C(=O)NCc1cccc(Cl)c1. The molecule has 2 N–H and O–H groups in total. The highest BCUT2D eigenvalue weighted by Gasteiger charge is 2.12. The first-order valence-electron chi connectivity index (χ1n) is 5.28. The first-order valence-corrected chi connectivity index (χ1v) is 5.66. The van der Waals surface area contributed by atoms with E-state index in [0.717, 1.165) is 5.56 Å². The fourth-order valence-corrected chi connectivity index (χ4v) is 1.57. The Balaban J connectivity index is 2.45. The molecule has 1 aromatic carbocycles. The van der Waals surface area contributed by atoms with Crippen molar-refractivity contribution >= 4 is 23.4 Å². The summed E-state index contributed by atoms with van der Waals surface area (Å²) < 4.78 is 0. The molecule has 1 aromatic rings. The average Bonchev–Trinajstić information content (AvgIpc) is 2.25. The van der Waals surface area contributed by atoms with E-state index in [9.17, 15) is 9.59 Å². The largest absolute Gasteiger partial charge is 0.350 e. The standard InChI is InChI=1S/C12H15ClN2O2/c1-8(15-9(2)16)12(17)14-7-10-4-3-5-11(13)6-10/h3-6,8H,7H2,1-2H3,(H,14,17)(H,15,16). The molecule has 0 fully saturated rings. The van der Waals surface area contributed by atoms with Gasteiger partial charge < -0.3 is 10.6 Å². The Kier molecular flexibility index (Phi) is 4.97. The van der Waals surface area contributed by atoms with Crippen LogP contribution in [0.15, 0.2) is 24.3 Å². The van der Waals surface area contributed by atoms with Gasteiger partial charge in [-0.25, -0.2) is 0 Å². The monoisotopic (exact) mass is 254 g/mol. The predicted octanol–water partition coefficient (Wildman–Crippen LogP) is 1.48. The average molecular weight is 255 g/mol. The molecule has 4 nitrogen and oxygen atoms in total. The van der Waals surface area contributed by atoms with E-state index in [4.69, 9.17) is 11.6 Å². The first kappa shape index (κ1) is 13.5. The molecule has 92 valence electrons. The van der Waals surface area contributed by atoms with Crippen LogP contribution in [0.3, 0.4) is 0 Å². The first-order chi connectivity index (χ1) is 7.99. The summed E-state index contributed by atoms with van der Waals surface area (Å²) in [7, 11) is 0. The molecular formula is C12H15ClN2O2. The maximum absolute atomic E-state index is 11.6. The molecule has 0 aliphatic carbocycles. The molecule has 1 atom stereocenters. The lowest BCUT2D eigenvalue weighted by atomic mass is 10.2. The van der Waals surface area contributed by atoms with Crippen molar-refractivity contribution in [3.8, 4) is 0 Å². The Morgan fingerprint density at radius 2 is 2.12 bits per heavy atom. The second-order valence-corrected chi connectivity index (χ2v) is 4.21. The smallest absolute Gasteiger partial charge is 0.242 e. The van der Waals surface area contributed by atoms with Crippen LogP contribution >= 0.6 is 11.6 Å². The zero-order chi connectivity index (χ0) is 12.8. The Hall–Kier alpha value is -1.55. The zero-order valence-electron chi connectivity index (χ0n) is 9.79. The van der Waals surface area contributed by atoms with Crippen molar-refractivity contribution in [3.05, 3.63) is 34.9 Å². The van der Waals surface area contributed by atoms with E-state index in [1.807, 2.05) is 12.1 Å². The van der Waals surface area contributed by atoms with Gasteiger partial charge in [0.1, 0.15) is 6.04 Å². The summed E-state index contributed by atoms with van der Waals surface area (Å²) in [4.78, 5) is 22.3. The molecule has 0 bridgehead atoms. The Morgan fingerprint density at radius 1 is 1.41 bits per heavy atom. The molecule has 1 unspecified atom stereocenters. The van der Waals surface area contributed by atoms with E-state index in [1.165, 1.54) is 6.92 Å². The molecule has 5 heteroatoms. The molecule has 0 saturated carbocycles. The van der Waals surface area contributed by atoms with Gasteiger partial charge in [0.05, 0.1) is 0 Å². The normalized spacial score (nSPS) is 11.7. The topological polar surface area (TPSA) is 58.2 Å². The fraction of sp³-hybridized carbons (Fsp3) is 0.333. The summed E-state index contributed by atoms with van der Waals surface area (Å²) in [5, 5.41) is 5.86. The minimum Gasteiger partial charge on any atom is -0.350 e. The van der Waals surface area contributed by atoms with Crippen LogP contribution < -0.4 is 10.6 Å². The fourth-order valence-electron chi connectivity index (χ4n) is 1.36. The van der Waals surface area contributed by atoms with Crippen LogP contribution in [-0.2, 0) is 16.1 Å². The second kappa shape index (κ2) is 6.25. The number of carbonyl (C=O) groups excluding carboxylic acids is 2. The van der Waals surface area contributed by atoms with E-state index in [1.54, 1.807) is 19.1 Å². The van der Waals surface area contributed by atoms with Crippen molar-refractivity contribution < 1.29 is 9.59 Å². The predicted molar refractivity (Wildman–Crippen MR) is 66.6 cm³/mol. The summed E-state index contributed by atoms with van der Waals surface area (Å²) in [5.41, 5.74) is 0.917. The Bertz CT molecular complexity index is 421. The van der Waals surface area contributed by atoms with Gasteiger partial charge in [0, 0.05) is 18.5 Å². The van der Waals surface area contributed by atoms with Gasteiger partial charge in [-0.1, -0.05) is 23.7 Å². The third-order valence-electron chi connectivity index (χ3n) is 2.17. The maximum Gasteiger partial charge on any atom is 0.242 e. The Morgan fingerprint density at radius 3 is 2.71 bits per heavy atom. The van der Waals surface area contributed by atoms with Crippen LogP contribution in [0, 0.1) is 0 Å². The molecule has 0 aliphatic rings. The maximum atomic E-state index is 11.6. The number of carbonyl (C=O) groups is 2. The van der Waals surface area contributed by atoms with Gasteiger partial charge >= 0.3 is 0 Å². The van der Waals surface area contributed by atoms with Crippen LogP contribution in [-0.4, -0.2) is 17.9 Å². The number of hydrogen-bond acceptors (Lipinski definition) is 2. The van der Waals surface area contributed by atoms with Crippen LogP contribution in [0.5, 0.6) is 0 Å². The van der Waals surface area contributed by atoms with Crippen LogP contribution in [0.4, 0.5) is 0 Å². The number of rotatable bonds is 4. The Labute approximate surface area is 105 Å². The number of nitrogens with one attached hydrogen (secondary N) is 2. The van der Waals surface area contributed by atoms with E-state index < -0.39 is 6.04 Å². The van der Waals surface area contributed by atoms with Gasteiger partial charge in [0.2, 0.25) is 11.8 Å². The van der Waals surface area contributed by atoms with Gasteiger partial charge in [0.15, 0.2) is 0 Å². The quantitative estimate of drug-likeness (QED) is 0.855. The lowest BCUT2D eigenvalue weighted by Gasteiger charge is -2.12. The highest BCUT2D eigenvalue weighted by molar-refractivity contribution is 6.30. The van der Waals surface area contributed by atoms with Crippen LogP contribution in [0.25, 0.3) is 0 Å². The number of benzene rings is 1. The highest BCUT2D eigenvalue weighted by atomic mass is 35.5. The number of amides is 2. The van der Waals surface area contributed by atoms with Crippen molar-refractivity contribution in [2.24, 2.45) is 0 Å². The molecular weight excluding hydrogens is 240 g/mol. The summed E-state index contributed by atoms with van der Waals surface area (Å²) in [5.74, 6) is -0.449. The van der Waals surface area contributed by atoms with Crippen molar-refractivity contribution in [1.29, 1.82) is 0 Å². The van der Waals surface area contributed by atoms with Crippen LogP contribution in [0.1, 0.15) is 19.4 Å². The van der Waals surface area contributed by atoms with E-state index in [0.29, 0.717) is 11.6 Å². The third kappa shape index (κ3) is 4.87. The minimum atomic E-state index is -0.535. The lowest BCUT2D eigenvalue weighted by molar-refractivity contribution is -0.127. The molecule has 0 aliphatic heterocycles. The van der Waals surface area contributed by atoms with Crippen molar-refractivity contribution in [1.82, 2.24) is 10.6 Å². The van der Waals surface area contributed by atoms with Crippen molar-refractivity contribution in [3.63, 3.8) is 0 Å². The van der Waals surface area contributed by atoms with Gasteiger partial charge in [-0.05, 0) is 24.6 Å². The van der Waals surface area contributed by atoms with Crippen molar-refractivity contribution in [2.45, 2.75) is 26.4 Å². The highest BCUT2D eigenvalue weighted by Crippen LogP contribution is 2.10. The molecule has 2 amide bonds. The lowest BCUT2D eigenvalue weighted by Crippen LogP contribution is -2.43. The molecule has 17 heavy (non-hydrogen) atoms. The van der Waals surface area contributed by atoms with E-state index >= 15 is 0 Å². The molecule has 0 spiro atoms. The van der Waals surface area contributed by atoms with Crippen LogP contribution in [0.2, 0.25) is 5.02 Å². The molecule has 1 rings (SSSR count). The van der Waals surface area contributed by atoms with E-state index in [-0.39, 0.29) is 11.8 Å². The zero-order valence-corrected chi connectivity index (χ0v) is 10.5. The second-order valence-electron chi connectivity index (χ2n) is 3.77. The van der Waals surface area contributed by atoms with Gasteiger partial charge in [-0.2, -0.15) is 0 Å². The van der Waals surface area contributed by atoms with Crippen molar-refractivity contribution in [2.75, 3.05) is 0 Å². The summed E-state index contributed by atoms with van der Waals surface area (Å²) in [6.45, 7) is 3.40. The summed E-state index contributed by atoms with van der Waals surface area (Å²) in [6, 6.07) is 6.71. The molecule has 0 aromatic heterocycles. The summed E-state index contributed by atoms with van der Waals surface area (Å²) >= 11 is 5.82. The molecule has 0 saturated heterocycles. The summed E-state index contributed by atoms with van der Waals surface area (Å²) in [6.07, 6.45) is 0. The van der Waals surface area contributed by atoms with E-state index in [2.05, 4.69) is 10.6 Å². The van der Waals surface area contributed by atoms with Gasteiger partial charge in [-0.15, -0.1) is 0 Å². The van der Waals surface area contributed by atoms with Gasteiger partial charge in [0.25, 0.3) is 0 Å². The number of halogens is 1. The van der Waals surface area contributed by atoms with Gasteiger partial charge in [-0.3, -0.25) is 9.59 Å². The number of hydrogen-bond donors (Lipinski definition) is 2. The minimum absolute atomic E-state index is 0.222. The molecule has 0 heterocycles.